The molecule has 29 heavy (non-hydrogen) atoms. The Balaban J connectivity index is 1.57. The molecule has 2 heterocycles. The molecule has 1 aliphatic heterocycles. The van der Waals surface area contributed by atoms with Gasteiger partial charge in [-0.25, -0.2) is 0 Å². The first-order chi connectivity index (χ1) is 14.1. The van der Waals surface area contributed by atoms with Gasteiger partial charge in [0.15, 0.2) is 0 Å². The van der Waals surface area contributed by atoms with Gasteiger partial charge in [0.2, 0.25) is 0 Å². The number of aromatic nitrogens is 2. The van der Waals surface area contributed by atoms with E-state index in [0.717, 1.165) is 38.9 Å². The summed E-state index contributed by atoms with van der Waals surface area (Å²) in [6.45, 7) is 6.63. The van der Waals surface area contributed by atoms with Gasteiger partial charge in [-0.15, -0.1) is 0 Å². The fourth-order valence-corrected chi connectivity index (χ4v) is 8.76. The van der Waals surface area contributed by atoms with Crippen LogP contribution in [-0.4, -0.2) is 31.6 Å². The van der Waals surface area contributed by atoms with Crippen LogP contribution in [0.5, 0.6) is 0 Å². The van der Waals surface area contributed by atoms with Gasteiger partial charge in [-0.2, -0.15) is 0 Å². The molecule has 2 aliphatic rings. The second-order valence-electron chi connectivity index (χ2n) is 7.95. The summed E-state index contributed by atoms with van der Waals surface area (Å²) in [4.78, 5) is 9.07. The molecular weight excluding hydrogens is 475 g/mol. The zero-order valence-electron chi connectivity index (χ0n) is 16.3. The number of halogens is 1. The first-order valence-electron chi connectivity index (χ1n) is 9.84. The molecule has 2 aromatic carbocycles. The van der Waals surface area contributed by atoms with E-state index in [2.05, 4.69) is 58.4 Å². The zero-order chi connectivity index (χ0) is 20.0. The Hall–Kier alpha value is -2.19. The number of aryl methyl sites for hydroxylation is 1. The number of rotatable bonds is 6. The number of anilines is 3. The van der Waals surface area contributed by atoms with Crippen LogP contribution in [0.25, 0.3) is 10.9 Å². The van der Waals surface area contributed by atoms with Crippen molar-refractivity contribution >= 4 is 28.1 Å². The third kappa shape index (κ3) is 3.48. The molecular formula is C23H24IN4O-. The van der Waals surface area contributed by atoms with Crippen LogP contribution in [0.15, 0.2) is 55.4 Å². The van der Waals surface area contributed by atoms with Gasteiger partial charge in [-0.1, -0.05) is 0 Å². The topological polar surface area (TPSA) is 70.1 Å². The van der Waals surface area contributed by atoms with Crippen molar-refractivity contribution in [2.75, 3.05) is 21.6 Å². The van der Waals surface area contributed by atoms with Crippen molar-refractivity contribution in [2.45, 2.75) is 22.9 Å². The number of nitrogens with one attached hydrogen (secondary N) is 2. The first-order valence-corrected chi connectivity index (χ1v) is 12.6. The molecule has 6 heteroatoms. The first kappa shape index (κ1) is 18.8. The second kappa shape index (κ2) is 7.25. The number of aliphatic hydroxyl groups is 1. The Morgan fingerprint density at radius 2 is 2.21 bits per heavy atom. The molecule has 150 valence electrons. The molecule has 3 atom stereocenters. The van der Waals surface area contributed by atoms with E-state index in [1.165, 1.54) is 11.1 Å². The predicted octanol–water partition coefficient (Wildman–Crippen LogP) is 1.17. The average molecular weight is 499 g/mol. The van der Waals surface area contributed by atoms with Gasteiger partial charge >= 0.3 is 181 Å². The van der Waals surface area contributed by atoms with Crippen molar-refractivity contribution < 1.29 is 26.3 Å². The van der Waals surface area contributed by atoms with E-state index < -0.39 is 0 Å². The Morgan fingerprint density at radius 1 is 1.31 bits per heavy atom. The van der Waals surface area contributed by atoms with Crippen LogP contribution in [0.2, 0.25) is 0 Å². The number of benzene rings is 2. The summed E-state index contributed by atoms with van der Waals surface area (Å²) in [5.41, 5.74) is 5.18. The van der Waals surface area contributed by atoms with Crippen LogP contribution >= 0.6 is 0 Å². The summed E-state index contributed by atoms with van der Waals surface area (Å²) in [5.74, 6) is 1.22. The van der Waals surface area contributed by atoms with E-state index in [1.54, 1.807) is 6.33 Å². The number of fused-ring (bicyclic) bond motifs is 2. The second-order valence-corrected chi connectivity index (χ2v) is 10.9. The normalized spacial score (nSPS) is 25.2. The van der Waals surface area contributed by atoms with E-state index in [0.29, 0.717) is 16.4 Å². The third-order valence-corrected chi connectivity index (χ3v) is 10.0. The van der Waals surface area contributed by atoms with Crippen LogP contribution in [0.4, 0.5) is 17.2 Å². The predicted molar refractivity (Wildman–Crippen MR) is 113 cm³/mol. The van der Waals surface area contributed by atoms with Gasteiger partial charge in [-0.3, -0.25) is 0 Å². The maximum absolute atomic E-state index is 10.6. The standard InChI is InChI=1S/C23H24IN4O/c1-3-7-25-19-10-17-20(9-16(19)21-18-11-23(18,29)12-24-21)26-13-27-22(17)28-15-6-4-5-14(2)8-15/h3-6,8-10,13,18,21,25,29H,1,7,11-12H2,2H3,(H,26,27,28)/q-1. The number of nitrogens with zero attached hydrogens (tertiary/aromatic N) is 2. The van der Waals surface area contributed by atoms with Crippen LogP contribution in [0.1, 0.15) is 21.5 Å². The molecule has 3 unspecified atom stereocenters. The summed E-state index contributed by atoms with van der Waals surface area (Å²) in [6.07, 6.45) is 4.44. The summed E-state index contributed by atoms with van der Waals surface area (Å²) in [7, 11) is 0. The fraction of sp³-hybridized carbons (Fsp3) is 0.304. The monoisotopic (exact) mass is 499 g/mol. The molecule has 0 amide bonds. The van der Waals surface area contributed by atoms with Crippen molar-refractivity contribution in [2.24, 2.45) is 5.92 Å². The van der Waals surface area contributed by atoms with Crippen molar-refractivity contribution in [1.82, 2.24) is 9.97 Å². The van der Waals surface area contributed by atoms with Gasteiger partial charge in [0.05, 0.1) is 0 Å². The van der Waals surface area contributed by atoms with Crippen molar-refractivity contribution in [1.29, 1.82) is 0 Å². The Kier molecular flexibility index (Phi) is 4.70. The molecule has 1 saturated heterocycles. The Morgan fingerprint density at radius 3 is 2.93 bits per heavy atom. The van der Waals surface area contributed by atoms with Gasteiger partial charge in [0, 0.05) is 0 Å². The summed E-state index contributed by atoms with van der Waals surface area (Å²) in [5, 5.41) is 18.5. The van der Waals surface area contributed by atoms with E-state index in [1.807, 2.05) is 18.2 Å². The molecule has 3 N–H and O–H groups in total. The quantitative estimate of drug-likeness (QED) is 0.270. The van der Waals surface area contributed by atoms with E-state index >= 15 is 0 Å². The van der Waals surface area contributed by atoms with Crippen molar-refractivity contribution in [3.05, 3.63) is 66.5 Å². The number of hydrogen-bond acceptors (Lipinski definition) is 5. The molecule has 1 aromatic heterocycles. The third-order valence-electron chi connectivity index (χ3n) is 5.75. The molecule has 5 rings (SSSR count). The molecule has 3 aromatic rings. The molecule has 0 radical (unpaired) electrons. The molecule has 1 saturated carbocycles. The molecule has 2 fully saturated rings. The number of alkyl halides is 2. The van der Waals surface area contributed by atoms with E-state index in [4.69, 9.17) is 0 Å². The summed E-state index contributed by atoms with van der Waals surface area (Å²) < 4.78 is 1.49. The molecule has 0 bridgehead atoms. The SMILES string of the molecule is C=CCNc1cc2c(Nc3cccc(C)c3)ncnc2cc1C1[I-]CC2(O)CC12. The maximum atomic E-state index is 10.6. The Bertz CT molecular complexity index is 1100. The van der Waals surface area contributed by atoms with Gasteiger partial charge in [0.1, 0.15) is 0 Å². The minimum absolute atomic E-state index is 0.0586. The van der Waals surface area contributed by atoms with E-state index in [-0.39, 0.29) is 26.8 Å². The Labute approximate surface area is 180 Å². The van der Waals surface area contributed by atoms with Crippen molar-refractivity contribution in [3.8, 4) is 0 Å². The number of hydrogen-bond donors (Lipinski definition) is 3. The molecule has 5 nitrogen and oxygen atoms in total. The van der Waals surface area contributed by atoms with Crippen molar-refractivity contribution in [3.63, 3.8) is 0 Å². The van der Waals surface area contributed by atoms with Crippen LogP contribution in [0.3, 0.4) is 0 Å². The molecule has 0 spiro atoms. The molecule has 1 aliphatic carbocycles. The summed E-state index contributed by atoms with van der Waals surface area (Å²) >= 11 is -0.0586. The zero-order valence-corrected chi connectivity index (χ0v) is 18.5. The fourth-order valence-electron chi connectivity index (χ4n) is 4.12. The van der Waals surface area contributed by atoms with Crippen LogP contribution < -0.4 is 31.8 Å². The van der Waals surface area contributed by atoms with E-state index in [9.17, 15) is 5.11 Å². The van der Waals surface area contributed by atoms with Gasteiger partial charge in [-0.05, 0) is 0 Å². The van der Waals surface area contributed by atoms with Gasteiger partial charge < -0.3 is 0 Å². The van der Waals surface area contributed by atoms with Crippen LogP contribution in [-0.2, 0) is 0 Å². The average Bonchev–Trinajstić information content (AvgIpc) is 3.27. The summed E-state index contributed by atoms with van der Waals surface area (Å²) in [6, 6.07) is 12.6. The minimum atomic E-state index is -0.383. The van der Waals surface area contributed by atoms with Crippen LogP contribution in [0, 0.1) is 12.8 Å². The van der Waals surface area contributed by atoms with Gasteiger partial charge in [0.25, 0.3) is 0 Å².